The monoisotopic (exact) mass is 274 g/mol. The van der Waals surface area contributed by atoms with Crippen LogP contribution in [0.4, 0.5) is 18.9 Å². The van der Waals surface area contributed by atoms with Crippen molar-refractivity contribution in [2.45, 2.75) is 38.4 Å². The average Bonchev–Trinajstić information content (AvgIpc) is 2.24. The number of nitrogens with one attached hydrogen (secondary N) is 1. The fourth-order valence-electron chi connectivity index (χ4n) is 1.60. The Balaban J connectivity index is 2.59. The Morgan fingerprint density at radius 2 is 2.11 bits per heavy atom. The van der Waals surface area contributed by atoms with Crippen LogP contribution < -0.4 is 11.1 Å². The zero-order valence-corrected chi connectivity index (χ0v) is 10.6. The third-order valence-corrected chi connectivity index (χ3v) is 2.42. The van der Waals surface area contributed by atoms with Gasteiger partial charge in [0.25, 0.3) is 0 Å². The van der Waals surface area contributed by atoms with Crippen molar-refractivity contribution in [3.63, 3.8) is 0 Å². The lowest BCUT2D eigenvalue weighted by Gasteiger charge is -2.10. The minimum atomic E-state index is -4.17. The summed E-state index contributed by atoms with van der Waals surface area (Å²) in [7, 11) is 0. The van der Waals surface area contributed by atoms with Gasteiger partial charge < -0.3 is 11.1 Å². The summed E-state index contributed by atoms with van der Waals surface area (Å²) in [6.07, 6.45) is -4.97. The second-order valence-electron chi connectivity index (χ2n) is 4.55. The fourth-order valence-corrected chi connectivity index (χ4v) is 1.60. The van der Waals surface area contributed by atoms with Crippen molar-refractivity contribution in [1.82, 2.24) is 0 Å². The Labute approximate surface area is 110 Å². The van der Waals surface area contributed by atoms with Gasteiger partial charge in [0.05, 0.1) is 0 Å². The fraction of sp³-hybridized carbons (Fsp3) is 0.462. The van der Waals surface area contributed by atoms with Crippen molar-refractivity contribution in [2.75, 3.05) is 5.32 Å². The van der Waals surface area contributed by atoms with E-state index in [2.05, 4.69) is 5.32 Å². The first-order valence-electron chi connectivity index (χ1n) is 5.97. The highest BCUT2D eigenvalue weighted by molar-refractivity contribution is 5.91. The van der Waals surface area contributed by atoms with Crippen LogP contribution in [0.5, 0.6) is 0 Å². The number of amides is 1. The molecular weight excluding hydrogens is 257 g/mol. The Hall–Kier alpha value is -1.56. The molecule has 106 valence electrons. The van der Waals surface area contributed by atoms with Gasteiger partial charge in [0, 0.05) is 24.6 Å². The first kappa shape index (κ1) is 15.5. The molecular formula is C13H17F3N2O. The lowest BCUT2D eigenvalue weighted by atomic mass is 10.1. The number of hydrogen-bond acceptors (Lipinski definition) is 2. The maximum Gasteiger partial charge on any atom is 0.389 e. The molecule has 6 heteroatoms. The zero-order chi connectivity index (χ0) is 14.5. The maximum atomic E-state index is 12.1. The maximum absolute atomic E-state index is 12.1. The van der Waals surface area contributed by atoms with Gasteiger partial charge in [-0.15, -0.1) is 0 Å². The summed E-state index contributed by atoms with van der Waals surface area (Å²) in [5.74, 6) is -0.247. The predicted molar refractivity (Wildman–Crippen MR) is 67.7 cm³/mol. The molecule has 1 aromatic rings. The van der Waals surface area contributed by atoms with Crippen molar-refractivity contribution in [3.05, 3.63) is 29.8 Å². The summed E-state index contributed by atoms with van der Waals surface area (Å²) in [5.41, 5.74) is 6.52. The molecule has 3 nitrogen and oxygen atoms in total. The van der Waals surface area contributed by atoms with Crippen molar-refractivity contribution in [2.24, 2.45) is 5.73 Å². The number of aryl methyl sites for hydroxylation is 1. The number of halogens is 3. The lowest BCUT2D eigenvalue weighted by Crippen LogP contribution is -2.24. The Morgan fingerprint density at radius 3 is 2.68 bits per heavy atom. The number of rotatable bonds is 5. The highest BCUT2D eigenvalue weighted by atomic mass is 19.4. The van der Waals surface area contributed by atoms with Gasteiger partial charge in [-0.3, -0.25) is 4.79 Å². The number of alkyl halides is 3. The minimum Gasteiger partial charge on any atom is -0.327 e. The van der Waals surface area contributed by atoms with Crippen LogP contribution in [0.1, 0.15) is 25.3 Å². The molecule has 0 radical (unpaired) electrons. The van der Waals surface area contributed by atoms with Gasteiger partial charge in [-0.05, 0) is 31.0 Å². The molecule has 0 heterocycles. The number of hydrogen-bond donors (Lipinski definition) is 2. The van der Waals surface area contributed by atoms with Crippen molar-refractivity contribution < 1.29 is 18.0 Å². The van der Waals surface area contributed by atoms with Crippen LogP contribution >= 0.6 is 0 Å². The largest absolute Gasteiger partial charge is 0.389 e. The molecule has 0 fully saturated rings. The molecule has 0 aromatic heterocycles. The van der Waals surface area contributed by atoms with Gasteiger partial charge in [-0.25, -0.2) is 0 Å². The van der Waals surface area contributed by atoms with E-state index in [4.69, 9.17) is 5.73 Å². The summed E-state index contributed by atoms with van der Waals surface area (Å²) >= 11 is 0. The van der Waals surface area contributed by atoms with E-state index in [0.717, 1.165) is 0 Å². The highest BCUT2D eigenvalue weighted by Crippen LogP contribution is 2.23. The number of nitrogens with two attached hydrogens (primary N) is 1. The van der Waals surface area contributed by atoms with E-state index in [-0.39, 0.29) is 24.8 Å². The van der Waals surface area contributed by atoms with Crippen LogP contribution in [0.15, 0.2) is 24.3 Å². The Kier molecular flexibility index (Phi) is 5.35. The molecule has 0 spiro atoms. The van der Waals surface area contributed by atoms with E-state index in [1.54, 1.807) is 31.2 Å². The normalized spacial score (nSPS) is 13.1. The van der Waals surface area contributed by atoms with Crippen molar-refractivity contribution in [1.29, 1.82) is 0 Å². The lowest BCUT2D eigenvalue weighted by molar-refractivity contribution is -0.134. The Morgan fingerprint density at radius 1 is 1.42 bits per heavy atom. The standard InChI is InChI=1S/C13H17F3N2O/c1-9(17)7-12(19)18-11-4-2-3-10(8-11)5-6-13(14,15)16/h2-4,8-9H,5-7,17H2,1H3,(H,18,19). The number of carbonyl (C=O) groups excluding carboxylic acids is 1. The molecule has 1 rings (SSSR count). The molecule has 1 aromatic carbocycles. The van der Waals surface area contributed by atoms with E-state index in [1.807, 2.05) is 0 Å². The summed E-state index contributed by atoms with van der Waals surface area (Å²) in [5, 5.41) is 2.61. The van der Waals surface area contributed by atoms with Gasteiger partial charge >= 0.3 is 6.18 Å². The number of carbonyl (C=O) groups is 1. The topological polar surface area (TPSA) is 55.1 Å². The quantitative estimate of drug-likeness (QED) is 0.867. The minimum absolute atomic E-state index is 0.0967. The van der Waals surface area contributed by atoms with E-state index in [9.17, 15) is 18.0 Å². The molecule has 0 bridgehead atoms. The van der Waals surface area contributed by atoms with Crippen molar-refractivity contribution in [3.8, 4) is 0 Å². The molecule has 1 unspecified atom stereocenters. The highest BCUT2D eigenvalue weighted by Gasteiger charge is 2.26. The molecule has 0 aliphatic rings. The van der Waals surface area contributed by atoms with E-state index < -0.39 is 12.6 Å². The third kappa shape index (κ3) is 6.81. The molecule has 19 heavy (non-hydrogen) atoms. The third-order valence-electron chi connectivity index (χ3n) is 2.42. The van der Waals surface area contributed by atoms with E-state index in [0.29, 0.717) is 11.3 Å². The summed E-state index contributed by atoms with van der Waals surface area (Å²) in [6, 6.07) is 6.15. The second kappa shape index (κ2) is 6.56. The van der Waals surface area contributed by atoms with Crippen LogP contribution in [0.2, 0.25) is 0 Å². The van der Waals surface area contributed by atoms with Crippen LogP contribution in [0, 0.1) is 0 Å². The van der Waals surface area contributed by atoms with Crippen LogP contribution in [-0.4, -0.2) is 18.1 Å². The summed E-state index contributed by atoms with van der Waals surface area (Å²) in [4.78, 5) is 11.5. The molecule has 1 amide bonds. The van der Waals surface area contributed by atoms with Gasteiger partial charge in [0.1, 0.15) is 0 Å². The molecule has 3 N–H and O–H groups in total. The second-order valence-corrected chi connectivity index (χ2v) is 4.55. The smallest absolute Gasteiger partial charge is 0.327 e. The van der Waals surface area contributed by atoms with Gasteiger partial charge in [0.2, 0.25) is 5.91 Å². The van der Waals surface area contributed by atoms with Crippen LogP contribution in [-0.2, 0) is 11.2 Å². The molecule has 0 aliphatic carbocycles. The molecule has 0 aliphatic heterocycles. The van der Waals surface area contributed by atoms with Crippen molar-refractivity contribution >= 4 is 11.6 Å². The first-order valence-corrected chi connectivity index (χ1v) is 5.97. The van der Waals surface area contributed by atoms with Crippen LogP contribution in [0.3, 0.4) is 0 Å². The predicted octanol–water partition coefficient (Wildman–Crippen LogP) is 2.86. The molecule has 1 atom stereocenters. The van der Waals surface area contributed by atoms with Gasteiger partial charge in [0.15, 0.2) is 0 Å². The van der Waals surface area contributed by atoms with Crippen LogP contribution in [0.25, 0.3) is 0 Å². The first-order chi connectivity index (χ1) is 8.76. The van der Waals surface area contributed by atoms with Gasteiger partial charge in [-0.1, -0.05) is 12.1 Å². The number of benzene rings is 1. The molecule has 0 saturated heterocycles. The molecule has 0 saturated carbocycles. The van der Waals surface area contributed by atoms with E-state index in [1.165, 1.54) is 0 Å². The van der Waals surface area contributed by atoms with Gasteiger partial charge in [-0.2, -0.15) is 13.2 Å². The SMILES string of the molecule is CC(N)CC(=O)Nc1cccc(CCC(F)(F)F)c1. The summed E-state index contributed by atoms with van der Waals surface area (Å²) in [6.45, 7) is 1.71. The summed E-state index contributed by atoms with van der Waals surface area (Å²) < 4.78 is 36.3. The zero-order valence-electron chi connectivity index (χ0n) is 10.6. The average molecular weight is 274 g/mol. The number of anilines is 1. The Bertz CT molecular complexity index is 430. The van der Waals surface area contributed by atoms with E-state index >= 15 is 0 Å².